The van der Waals surface area contributed by atoms with Crippen LogP contribution >= 0.6 is 12.2 Å². The maximum atomic E-state index is 11.9. The van der Waals surface area contributed by atoms with Crippen LogP contribution in [0.15, 0.2) is 54.7 Å². The van der Waals surface area contributed by atoms with Crippen molar-refractivity contribution in [3.05, 3.63) is 71.8 Å². The van der Waals surface area contributed by atoms with Gasteiger partial charge >= 0.3 is 0 Å². The predicted octanol–water partition coefficient (Wildman–Crippen LogP) is 4.26. The lowest BCUT2D eigenvalue weighted by atomic mass is 10.0. The van der Waals surface area contributed by atoms with E-state index < -0.39 is 0 Å². The summed E-state index contributed by atoms with van der Waals surface area (Å²) in [6.45, 7) is 3.90. The summed E-state index contributed by atoms with van der Waals surface area (Å²) in [6.07, 6.45) is 2.19. The number of nitrogens with zero attached hydrogens (tertiary/aromatic N) is 3. The lowest BCUT2D eigenvalue weighted by molar-refractivity contribution is -0.115. The average Bonchev–Trinajstić information content (AvgIpc) is 3.33. The summed E-state index contributed by atoms with van der Waals surface area (Å²) in [4.78, 5) is 18.6. The number of nitrogens with one attached hydrogen (secondary N) is 2. The fourth-order valence-electron chi connectivity index (χ4n) is 4.04. The summed E-state index contributed by atoms with van der Waals surface area (Å²) in [5.74, 6) is 0.511. The van der Waals surface area contributed by atoms with Gasteiger partial charge in [-0.25, -0.2) is 0 Å². The molecule has 1 saturated heterocycles. The van der Waals surface area contributed by atoms with Gasteiger partial charge in [0.1, 0.15) is 11.8 Å². The Kier molecular flexibility index (Phi) is 6.14. The summed E-state index contributed by atoms with van der Waals surface area (Å²) in [7, 11) is 3.65. The lowest BCUT2D eigenvalue weighted by Gasteiger charge is -2.29. The zero-order valence-electron chi connectivity index (χ0n) is 18.6. The number of thiocarbonyl (C=S) groups is 1. The molecule has 1 aliphatic heterocycles. The van der Waals surface area contributed by atoms with E-state index in [-0.39, 0.29) is 18.0 Å². The van der Waals surface area contributed by atoms with Crippen molar-refractivity contribution in [1.82, 2.24) is 14.9 Å². The second-order valence-electron chi connectivity index (χ2n) is 7.74. The number of pyridine rings is 1. The number of carbonyl (C=O) groups excluding carboxylic acids is 1. The summed E-state index contributed by atoms with van der Waals surface area (Å²) < 4.78 is 7.76. The van der Waals surface area contributed by atoms with Gasteiger partial charge in [0, 0.05) is 42.8 Å². The van der Waals surface area contributed by atoms with Crippen LogP contribution in [-0.2, 0) is 11.8 Å². The Hall–Kier alpha value is -3.39. The quantitative estimate of drug-likeness (QED) is 0.548. The number of methoxy groups -OCH3 is 1. The minimum atomic E-state index is -0.123. The van der Waals surface area contributed by atoms with Crippen molar-refractivity contribution >= 4 is 34.6 Å². The number of hydrogen-bond donors (Lipinski definition) is 2. The molecule has 32 heavy (non-hydrogen) atoms. The molecule has 0 spiro atoms. The van der Waals surface area contributed by atoms with Gasteiger partial charge in [-0.2, -0.15) is 0 Å². The molecule has 2 atom stereocenters. The molecule has 4 rings (SSSR count). The largest absolute Gasteiger partial charge is 0.494 e. The minimum absolute atomic E-state index is 0.0678. The van der Waals surface area contributed by atoms with E-state index in [2.05, 4.69) is 51.2 Å². The van der Waals surface area contributed by atoms with Crippen LogP contribution in [0.3, 0.4) is 0 Å². The molecular formula is C24H27N5O2S. The lowest BCUT2D eigenvalue weighted by Crippen LogP contribution is -2.30. The highest BCUT2D eigenvalue weighted by molar-refractivity contribution is 7.80. The molecule has 8 heteroatoms. The van der Waals surface area contributed by atoms with Gasteiger partial charge in [-0.1, -0.05) is 13.0 Å². The van der Waals surface area contributed by atoms with Crippen LogP contribution < -0.4 is 20.3 Å². The Bertz CT molecular complexity index is 1140. The van der Waals surface area contributed by atoms with Gasteiger partial charge in [-0.15, -0.1) is 0 Å². The Morgan fingerprint density at radius 1 is 1.25 bits per heavy atom. The number of ether oxygens (including phenoxy) is 1. The summed E-state index contributed by atoms with van der Waals surface area (Å²) in [5.41, 5.74) is 4.70. The molecule has 7 nitrogen and oxygen atoms in total. The molecule has 1 aromatic carbocycles. The standard InChI is InChI=1S/C24H27N5O2S/c1-5-21(30)26-17-11-10-16(14-20(17)31-4)29-23(19-12-9-15(2)28(19)3)22(27-24(29)32)18-8-6-7-13-25-18/h6-14,22-23H,5H2,1-4H3,(H,26,30)(H,27,32)/t22-,23+/m0/s1. The summed E-state index contributed by atoms with van der Waals surface area (Å²) in [5, 5.41) is 6.96. The predicted molar refractivity (Wildman–Crippen MR) is 130 cm³/mol. The molecule has 2 aromatic heterocycles. The minimum Gasteiger partial charge on any atom is -0.494 e. The number of amides is 1. The maximum absolute atomic E-state index is 11.9. The van der Waals surface area contributed by atoms with E-state index in [9.17, 15) is 4.79 Å². The molecule has 0 radical (unpaired) electrons. The molecule has 0 aliphatic carbocycles. The van der Waals surface area contributed by atoms with Crippen LogP contribution in [0.4, 0.5) is 11.4 Å². The summed E-state index contributed by atoms with van der Waals surface area (Å²) >= 11 is 5.79. The van der Waals surface area contributed by atoms with Gasteiger partial charge in [0.25, 0.3) is 0 Å². The highest BCUT2D eigenvalue weighted by Crippen LogP contribution is 2.43. The number of rotatable bonds is 6. The highest BCUT2D eigenvalue weighted by atomic mass is 32.1. The molecule has 0 bridgehead atoms. The SMILES string of the molecule is CCC(=O)Nc1ccc(N2C(=S)N[C@@H](c3ccccn3)[C@H]2c2ccc(C)n2C)cc1OC. The van der Waals surface area contributed by atoms with E-state index in [1.807, 2.05) is 43.3 Å². The Morgan fingerprint density at radius 2 is 2.06 bits per heavy atom. The molecule has 166 valence electrons. The van der Waals surface area contributed by atoms with Gasteiger partial charge in [-0.3, -0.25) is 9.78 Å². The topological polar surface area (TPSA) is 71.4 Å². The van der Waals surface area contributed by atoms with E-state index in [1.165, 1.54) is 0 Å². The molecule has 1 aliphatic rings. The fraction of sp³-hybridized carbons (Fsp3) is 0.292. The summed E-state index contributed by atoms with van der Waals surface area (Å²) in [6, 6.07) is 15.6. The van der Waals surface area contributed by atoms with E-state index in [0.29, 0.717) is 23.0 Å². The highest BCUT2D eigenvalue weighted by Gasteiger charge is 2.42. The number of carbonyl (C=O) groups is 1. The monoisotopic (exact) mass is 449 g/mol. The van der Waals surface area contributed by atoms with Crippen molar-refractivity contribution in [2.24, 2.45) is 7.05 Å². The molecule has 3 heterocycles. The Labute approximate surface area is 193 Å². The van der Waals surface area contributed by atoms with Crippen LogP contribution in [0.1, 0.15) is 42.5 Å². The Morgan fingerprint density at radius 3 is 2.69 bits per heavy atom. The number of hydrogen-bond acceptors (Lipinski definition) is 4. The van der Waals surface area contributed by atoms with Crippen LogP contribution in [0.25, 0.3) is 0 Å². The maximum Gasteiger partial charge on any atom is 0.224 e. The average molecular weight is 450 g/mol. The van der Waals surface area contributed by atoms with Crippen molar-refractivity contribution < 1.29 is 9.53 Å². The van der Waals surface area contributed by atoms with Gasteiger partial charge in [0.05, 0.1) is 24.5 Å². The van der Waals surface area contributed by atoms with Crippen LogP contribution in [0.2, 0.25) is 0 Å². The van der Waals surface area contributed by atoms with Crippen molar-refractivity contribution in [2.45, 2.75) is 32.4 Å². The molecular weight excluding hydrogens is 422 g/mol. The number of aromatic nitrogens is 2. The van der Waals surface area contributed by atoms with E-state index in [0.717, 1.165) is 22.8 Å². The van der Waals surface area contributed by atoms with Crippen molar-refractivity contribution in [3.8, 4) is 5.75 Å². The first kappa shape index (κ1) is 21.8. The first-order valence-electron chi connectivity index (χ1n) is 10.5. The zero-order valence-corrected chi connectivity index (χ0v) is 19.4. The van der Waals surface area contributed by atoms with Gasteiger partial charge in [-0.05, 0) is 55.5 Å². The van der Waals surface area contributed by atoms with Crippen LogP contribution in [-0.4, -0.2) is 27.7 Å². The molecule has 1 fully saturated rings. The molecule has 2 N–H and O–H groups in total. The third kappa shape index (κ3) is 3.93. The second-order valence-corrected chi connectivity index (χ2v) is 8.13. The van der Waals surface area contributed by atoms with E-state index >= 15 is 0 Å². The number of aryl methyl sites for hydroxylation is 1. The second kappa shape index (κ2) is 9.00. The van der Waals surface area contributed by atoms with Crippen LogP contribution in [0.5, 0.6) is 5.75 Å². The molecule has 0 unspecified atom stereocenters. The van der Waals surface area contributed by atoms with E-state index in [1.54, 1.807) is 13.3 Å². The Balaban J connectivity index is 1.80. The third-order valence-corrected chi connectivity index (χ3v) is 6.19. The number of benzene rings is 1. The van der Waals surface area contributed by atoms with Gasteiger partial charge < -0.3 is 24.8 Å². The van der Waals surface area contributed by atoms with Gasteiger partial charge in [0.15, 0.2) is 5.11 Å². The molecule has 1 amide bonds. The van der Waals surface area contributed by atoms with E-state index in [4.69, 9.17) is 17.0 Å². The van der Waals surface area contributed by atoms with Gasteiger partial charge in [0.2, 0.25) is 5.91 Å². The van der Waals surface area contributed by atoms with Crippen molar-refractivity contribution in [1.29, 1.82) is 0 Å². The molecule has 3 aromatic rings. The molecule has 0 saturated carbocycles. The van der Waals surface area contributed by atoms with Crippen LogP contribution in [0, 0.1) is 6.92 Å². The van der Waals surface area contributed by atoms with Crippen molar-refractivity contribution in [2.75, 3.05) is 17.3 Å². The third-order valence-electron chi connectivity index (χ3n) is 5.87. The normalized spacial score (nSPS) is 17.9. The fourth-order valence-corrected chi connectivity index (χ4v) is 4.38. The first-order chi connectivity index (χ1) is 15.4. The van der Waals surface area contributed by atoms with Crippen molar-refractivity contribution in [3.63, 3.8) is 0 Å². The zero-order chi connectivity index (χ0) is 22.8. The smallest absolute Gasteiger partial charge is 0.224 e. The number of anilines is 2. The first-order valence-corrected chi connectivity index (χ1v) is 11.0.